The van der Waals surface area contributed by atoms with Crippen LogP contribution in [-0.2, 0) is 0 Å². The van der Waals surface area contributed by atoms with E-state index in [2.05, 4.69) is 58.4 Å². The molecule has 1 aliphatic heterocycles. The first-order valence-electron chi connectivity index (χ1n) is 10.3. The average molecular weight is 388 g/mol. The molecule has 0 atom stereocenters. The van der Waals surface area contributed by atoms with E-state index in [0.717, 1.165) is 47.7 Å². The van der Waals surface area contributed by atoms with E-state index >= 15 is 0 Å². The molecule has 2 aromatic carbocycles. The third-order valence-corrected chi connectivity index (χ3v) is 5.51. The van der Waals surface area contributed by atoms with Gasteiger partial charge in [0.25, 0.3) is 0 Å². The molecule has 4 rings (SSSR count). The van der Waals surface area contributed by atoms with E-state index in [0.29, 0.717) is 0 Å². The van der Waals surface area contributed by atoms with Crippen molar-refractivity contribution in [1.82, 2.24) is 9.97 Å². The van der Waals surface area contributed by atoms with Gasteiger partial charge in [0, 0.05) is 50.2 Å². The number of hydrogen-bond acceptors (Lipinski definition) is 5. The van der Waals surface area contributed by atoms with E-state index in [1.54, 1.807) is 0 Å². The third kappa shape index (κ3) is 4.67. The Balaban J connectivity index is 1.65. The minimum Gasteiger partial charge on any atom is -0.378 e. The predicted octanol–water partition coefficient (Wildman–Crippen LogP) is 5.19. The number of benzene rings is 2. The molecule has 3 aromatic rings. The Morgan fingerprint density at radius 2 is 1.62 bits per heavy atom. The monoisotopic (exact) mass is 387 g/mol. The van der Waals surface area contributed by atoms with Crippen molar-refractivity contribution in [3.63, 3.8) is 0 Å². The molecule has 0 spiro atoms. The van der Waals surface area contributed by atoms with Crippen LogP contribution in [0.3, 0.4) is 0 Å². The van der Waals surface area contributed by atoms with Gasteiger partial charge in [-0.2, -0.15) is 4.98 Å². The minimum atomic E-state index is 0.774. The van der Waals surface area contributed by atoms with Crippen LogP contribution in [0.4, 0.5) is 23.1 Å². The summed E-state index contributed by atoms with van der Waals surface area (Å²) in [6.45, 7) is 4.34. The lowest BCUT2D eigenvalue weighted by Gasteiger charge is -2.30. The Morgan fingerprint density at radius 3 is 2.28 bits per heavy atom. The first-order chi connectivity index (χ1) is 14.1. The van der Waals surface area contributed by atoms with E-state index in [1.165, 1.54) is 18.5 Å². The molecule has 1 aliphatic rings. The predicted molar refractivity (Wildman–Crippen MR) is 122 cm³/mol. The van der Waals surface area contributed by atoms with Crippen molar-refractivity contribution in [3.05, 3.63) is 60.7 Å². The van der Waals surface area contributed by atoms with E-state index in [-0.39, 0.29) is 0 Å². The molecule has 1 N–H and O–H groups in total. The van der Waals surface area contributed by atoms with Crippen LogP contribution in [0.15, 0.2) is 60.7 Å². The van der Waals surface area contributed by atoms with Crippen molar-refractivity contribution in [1.29, 1.82) is 0 Å². The van der Waals surface area contributed by atoms with Crippen LogP contribution in [0.25, 0.3) is 11.3 Å². The molecular weight excluding hydrogens is 358 g/mol. The third-order valence-electron chi connectivity index (χ3n) is 5.51. The molecular formula is C24H29N5. The van der Waals surface area contributed by atoms with Crippen molar-refractivity contribution in [2.24, 2.45) is 5.92 Å². The molecule has 5 nitrogen and oxygen atoms in total. The Morgan fingerprint density at radius 1 is 0.931 bits per heavy atom. The van der Waals surface area contributed by atoms with E-state index < -0.39 is 0 Å². The smallest absolute Gasteiger partial charge is 0.227 e. The summed E-state index contributed by atoms with van der Waals surface area (Å²) in [5.74, 6) is 2.41. The van der Waals surface area contributed by atoms with Gasteiger partial charge in [-0.05, 0) is 43.0 Å². The lowest BCUT2D eigenvalue weighted by Crippen LogP contribution is -2.34. The Labute approximate surface area is 173 Å². The molecule has 5 heteroatoms. The lowest BCUT2D eigenvalue weighted by atomic mass is 10.00. The van der Waals surface area contributed by atoms with Gasteiger partial charge in [0.1, 0.15) is 5.82 Å². The topological polar surface area (TPSA) is 44.3 Å². The maximum atomic E-state index is 4.90. The van der Waals surface area contributed by atoms with Crippen LogP contribution in [-0.4, -0.2) is 37.2 Å². The fourth-order valence-corrected chi connectivity index (χ4v) is 3.60. The molecule has 0 saturated carbocycles. The molecule has 29 heavy (non-hydrogen) atoms. The van der Waals surface area contributed by atoms with E-state index in [4.69, 9.17) is 9.97 Å². The zero-order valence-corrected chi connectivity index (χ0v) is 17.5. The van der Waals surface area contributed by atoms with Crippen LogP contribution >= 0.6 is 0 Å². The summed E-state index contributed by atoms with van der Waals surface area (Å²) in [5.41, 5.74) is 4.24. The molecule has 0 amide bonds. The maximum absolute atomic E-state index is 4.90. The van der Waals surface area contributed by atoms with Crippen LogP contribution in [0.5, 0.6) is 0 Å². The van der Waals surface area contributed by atoms with E-state index in [9.17, 15) is 0 Å². The summed E-state index contributed by atoms with van der Waals surface area (Å²) in [5, 5.41) is 3.47. The molecule has 0 aliphatic carbocycles. The number of anilines is 4. The molecule has 150 valence electrons. The highest BCUT2D eigenvalue weighted by atomic mass is 15.3. The van der Waals surface area contributed by atoms with Gasteiger partial charge >= 0.3 is 0 Å². The zero-order valence-electron chi connectivity index (χ0n) is 17.5. The standard InChI is InChI=1S/C24H29N5/c1-18-13-15-29(16-14-18)24-26-22(19-7-5-4-6-8-19)17-23(27-24)25-20-9-11-21(12-10-20)28(2)3/h4-12,17-18H,13-16H2,1-3H3,(H,25,26,27). The molecule has 1 saturated heterocycles. The second-order valence-corrected chi connectivity index (χ2v) is 8.04. The molecule has 0 radical (unpaired) electrons. The van der Waals surface area contributed by atoms with Gasteiger partial charge in [0.2, 0.25) is 5.95 Å². The van der Waals surface area contributed by atoms with Gasteiger partial charge in [-0.25, -0.2) is 4.98 Å². The fraction of sp³-hybridized carbons (Fsp3) is 0.333. The summed E-state index contributed by atoms with van der Waals surface area (Å²) in [4.78, 5) is 14.2. The van der Waals surface area contributed by atoms with Crippen molar-refractivity contribution < 1.29 is 0 Å². The maximum Gasteiger partial charge on any atom is 0.227 e. The van der Waals surface area contributed by atoms with Crippen molar-refractivity contribution >= 4 is 23.1 Å². The normalized spacial score (nSPS) is 14.7. The number of hydrogen-bond donors (Lipinski definition) is 1. The molecule has 1 fully saturated rings. The molecule has 0 bridgehead atoms. The first kappa shape index (κ1) is 19.2. The molecule has 1 aromatic heterocycles. The first-order valence-corrected chi connectivity index (χ1v) is 10.3. The Hall–Kier alpha value is -3.08. The number of nitrogens with zero attached hydrogens (tertiary/aromatic N) is 4. The second kappa shape index (κ2) is 8.52. The Kier molecular flexibility index (Phi) is 5.65. The summed E-state index contributed by atoms with van der Waals surface area (Å²) in [7, 11) is 4.09. The van der Waals surface area contributed by atoms with Crippen molar-refractivity contribution in [2.75, 3.05) is 42.3 Å². The van der Waals surface area contributed by atoms with Gasteiger partial charge in [-0.1, -0.05) is 37.3 Å². The lowest BCUT2D eigenvalue weighted by molar-refractivity contribution is 0.434. The van der Waals surface area contributed by atoms with Gasteiger partial charge in [-0.15, -0.1) is 0 Å². The SMILES string of the molecule is CC1CCN(c2nc(Nc3ccc(N(C)C)cc3)cc(-c3ccccc3)n2)CC1. The van der Waals surface area contributed by atoms with Crippen LogP contribution in [0, 0.1) is 5.92 Å². The number of nitrogens with one attached hydrogen (secondary N) is 1. The highest BCUT2D eigenvalue weighted by molar-refractivity contribution is 5.68. The molecule has 0 unspecified atom stereocenters. The van der Waals surface area contributed by atoms with Gasteiger partial charge in [0.05, 0.1) is 5.69 Å². The molecule has 2 heterocycles. The summed E-state index contributed by atoms with van der Waals surface area (Å²) in [6.07, 6.45) is 2.38. The Bertz CT molecular complexity index is 929. The summed E-state index contributed by atoms with van der Waals surface area (Å²) < 4.78 is 0. The van der Waals surface area contributed by atoms with E-state index in [1.807, 2.05) is 38.4 Å². The average Bonchev–Trinajstić information content (AvgIpc) is 2.75. The van der Waals surface area contributed by atoms with Crippen molar-refractivity contribution in [3.8, 4) is 11.3 Å². The number of rotatable bonds is 5. The van der Waals surface area contributed by atoms with Crippen LogP contribution in [0.1, 0.15) is 19.8 Å². The highest BCUT2D eigenvalue weighted by Crippen LogP contribution is 2.27. The summed E-state index contributed by atoms with van der Waals surface area (Å²) >= 11 is 0. The van der Waals surface area contributed by atoms with Crippen LogP contribution < -0.4 is 15.1 Å². The van der Waals surface area contributed by atoms with Gasteiger partial charge < -0.3 is 15.1 Å². The second-order valence-electron chi connectivity index (χ2n) is 8.04. The quantitative estimate of drug-likeness (QED) is 0.653. The highest BCUT2D eigenvalue weighted by Gasteiger charge is 2.19. The van der Waals surface area contributed by atoms with Gasteiger partial charge in [0.15, 0.2) is 0 Å². The van der Waals surface area contributed by atoms with Crippen LogP contribution in [0.2, 0.25) is 0 Å². The fourth-order valence-electron chi connectivity index (χ4n) is 3.60. The number of aromatic nitrogens is 2. The van der Waals surface area contributed by atoms with Crippen molar-refractivity contribution in [2.45, 2.75) is 19.8 Å². The van der Waals surface area contributed by atoms with Gasteiger partial charge in [-0.3, -0.25) is 0 Å². The minimum absolute atomic E-state index is 0.774. The largest absolute Gasteiger partial charge is 0.378 e. The number of piperidine rings is 1. The zero-order chi connectivity index (χ0) is 20.2. The summed E-state index contributed by atoms with van der Waals surface area (Å²) in [6, 6.07) is 20.7.